The van der Waals surface area contributed by atoms with Gasteiger partial charge < -0.3 is 10.1 Å². The number of ether oxygens (including phenoxy) is 1. The maximum Gasteiger partial charge on any atom is 0.151 e. The molecule has 0 radical (unpaired) electrons. The molecule has 0 saturated heterocycles. The van der Waals surface area contributed by atoms with Gasteiger partial charge in [-0.15, -0.1) is 0 Å². The lowest BCUT2D eigenvalue weighted by atomic mass is 10.1. The van der Waals surface area contributed by atoms with Crippen LogP contribution in [0.2, 0.25) is 0 Å². The zero-order chi connectivity index (χ0) is 14.5. The first-order chi connectivity index (χ1) is 8.89. The average molecular weight is 350 g/mol. The molecule has 108 valence electrons. The number of sulfone groups is 1. The van der Waals surface area contributed by atoms with Gasteiger partial charge in [-0.1, -0.05) is 13.0 Å². The van der Waals surface area contributed by atoms with Crippen molar-refractivity contribution in [1.29, 1.82) is 0 Å². The second-order valence-corrected chi connectivity index (χ2v) is 7.63. The molecule has 1 aromatic carbocycles. The topological polar surface area (TPSA) is 55.4 Å². The van der Waals surface area contributed by atoms with Gasteiger partial charge in [0.15, 0.2) is 9.84 Å². The Morgan fingerprint density at radius 1 is 1.42 bits per heavy atom. The molecule has 0 saturated carbocycles. The van der Waals surface area contributed by atoms with Gasteiger partial charge in [0.05, 0.1) is 17.3 Å². The van der Waals surface area contributed by atoms with E-state index >= 15 is 0 Å². The van der Waals surface area contributed by atoms with E-state index in [2.05, 4.69) is 21.2 Å². The van der Waals surface area contributed by atoms with Crippen molar-refractivity contribution in [2.75, 3.05) is 25.2 Å². The van der Waals surface area contributed by atoms with E-state index in [0.717, 1.165) is 15.8 Å². The highest BCUT2D eigenvalue weighted by atomic mass is 79.9. The zero-order valence-electron chi connectivity index (χ0n) is 11.4. The summed E-state index contributed by atoms with van der Waals surface area (Å²) in [5, 5.41) is 3.21. The second-order valence-electron chi connectivity index (χ2n) is 4.31. The molecule has 1 rings (SSSR count). The Balaban J connectivity index is 2.59. The van der Waals surface area contributed by atoms with E-state index < -0.39 is 9.84 Å². The molecule has 6 heteroatoms. The van der Waals surface area contributed by atoms with Crippen LogP contribution in [0.1, 0.15) is 25.5 Å². The Bertz CT molecular complexity index is 517. The monoisotopic (exact) mass is 349 g/mol. The summed E-state index contributed by atoms with van der Waals surface area (Å²) in [6.07, 6.45) is 0. The van der Waals surface area contributed by atoms with Crippen LogP contribution in [0.4, 0.5) is 0 Å². The highest BCUT2D eigenvalue weighted by Crippen LogP contribution is 2.27. The van der Waals surface area contributed by atoms with Crippen LogP contribution in [0.3, 0.4) is 0 Å². The molecule has 0 aliphatic rings. The largest absolute Gasteiger partial charge is 0.496 e. The van der Waals surface area contributed by atoms with Gasteiger partial charge in [-0.25, -0.2) is 8.42 Å². The van der Waals surface area contributed by atoms with Crippen molar-refractivity contribution in [2.45, 2.75) is 19.9 Å². The molecule has 0 spiro atoms. The normalized spacial score (nSPS) is 13.3. The van der Waals surface area contributed by atoms with Crippen molar-refractivity contribution in [3.8, 4) is 5.75 Å². The van der Waals surface area contributed by atoms with Crippen molar-refractivity contribution >= 4 is 25.8 Å². The van der Waals surface area contributed by atoms with Crippen LogP contribution in [-0.4, -0.2) is 33.6 Å². The van der Waals surface area contributed by atoms with Crippen molar-refractivity contribution in [3.63, 3.8) is 0 Å². The van der Waals surface area contributed by atoms with Gasteiger partial charge in [-0.3, -0.25) is 0 Å². The Labute approximate surface area is 123 Å². The van der Waals surface area contributed by atoms with E-state index in [1.54, 1.807) is 14.0 Å². The van der Waals surface area contributed by atoms with Gasteiger partial charge in [-0.2, -0.15) is 0 Å². The van der Waals surface area contributed by atoms with E-state index in [-0.39, 0.29) is 17.5 Å². The van der Waals surface area contributed by atoms with Crippen molar-refractivity contribution < 1.29 is 13.2 Å². The van der Waals surface area contributed by atoms with Crippen LogP contribution in [0.25, 0.3) is 0 Å². The van der Waals surface area contributed by atoms with Gasteiger partial charge in [-0.05, 0) is 40.5 Å². The Morgan fingerprint density at radius 2 is 2.11 bits per heavy atom. The summed E-state index contributed by atoms with van der Waals surface area (Å²) < 4.78 is 28.8. The van der Waals surface area contributed by atoms with Gasteiger partial charge in [0.1, 0.15) is 5.75 Å². The molecule has 0 bridgehead atoms. The first kappa shape index (κ1) is 16.5. The van der Waals surface area contributed by atoms with Gasteiger partial charge in [0.2, 0.25) is 0 Å². The van der Waals surface area contributed by atoms with Crippen LogP contribution in [-0.2, 0) is 9.84 Å². The molecule has 1 N–H and O–H groups in total. The van der Waals surface area contributed by atoms with Crippen LogP contribution in [0.15, 0.2) is 22.7 Å². The number of hydrogen-bond donors (Lipinski definition) is 1. The third-order valence-electron chi connectivity index (χ3n) is 2.98. The minimum Gasteiger partial charge on any atom is -0.496 e. The van der Waals surface area contributed by atoms with Crippen LogP contribution in [0.5, 0.6) is 5.75 Å². The maximum absolute atomic E-state index is 11.4. The van der Waals surface area contributed by atoms with E-state index in [1.807, 2.05) is 25.1 Å². The summed E-state index contributed by atoms with van der Waals surface area (Å²) in [5.41, 5.74) is 1.08. The number of halogens is 1. The van der Waals surface area contributed by atoms with Gasteiger partial charge in [0.25, 0.3) is 0 Å². The molecule has 1 unspecified atom stereocenters. The molecule has 0 aromatic heterocycles. The summed E-state index contributed by atoms with van der Waals surface area (Å²) in [4.78, 5) is 0. The quantitative estimate of drug-likeness (QED) is 0.821. The van der Waals surface area contributed by atoms with Crippen molar-refractivity contribution in [3.05, 3.63) is 28.2 Å². The molecule has 4 nitrogen and oxygen atoms in total. The van der Waals surface area contributed by atoms with Crippen LogP contribution in [0, 0.1) is 0 Å². The summed E-state index contributed by atoms with van der Waals surface area (Å²) in [6.45, 7) is 4.13. The van der Waals surface area contributed by atoms with E-state index in [4.69, 9.17) is 4.74 Å². The molecular weight excluding hydrogens is 330 g/mol. The molecule has 0 aliphatic heterocycles. The molecule has 1 aromatic rings. The molecule has 0 heterocycles. The Kier molecular flexibility index (Phi) is 6.29. The third-order valence-corrected chi connectivity index (χ3v) is 5.30. The lowest BCUT2D eigenvalue weighted by Crippen LogP contribution is -2.26. The standard InChI is InChI=1S/C13H20BrNO3S/c1-4-19(16,17)8-7-15-10(2)11-5-6-13(18-3)12(14)9-11/h5-6,9-10,15H,4,7-8H2,1-3H3. The smallest absolute Gasteiger partial charge is 0.151 e. The SMILES string of the molecule is CCS(=O)(=O)CCNC(C)c1ccc(OC)c(Br)c1. The molecule has 0 fully saturated rings. The fraction of sp³-hybridized carbons (Fsp3) is 0.538. The van der Waals surface area contributed by atoms with Gasteiger partial charge >= 0.3 is 0 Å². The maximum atomic E-state index is 11.4. The van der Waals surface area contributed by atoms with Crippen molar-refractivity contribution in [1.82, 2.24) is 5.32 Å². The van der Waals surface area contributed by atoms with Crippen molar-refractivity contribution in [2.24, 2.45) is 0 Å². The summed E-state index contributed by atoms with van der Waals surface area (Å²) >= 11 is 3.44. The third kappa shape index (κ3) is 5.12. The summed E-state index contributed by atoms with van der Waals surface area (Å²) in [7, 11) is -1.29. The number of nitrogens with one attached hydrogen (secondary N) is 1. The minimum absolute atomic E-state index is 0.0919. The first-order valence-electron chi connectivity index (χ1n) is 6.17. The second kappa shape index (κ2) is 7.26. The predicted molar refractivity (Wildman–Crippen MR) is 81.4 cm³/mol. The fourth-order valence-corrected chi connectivity index (χ4v) is 2.92. The fourth-order valence-electron chi connectivity index (χ4n) is 1.65. The average Bonchev–Trinajstić information content (AvgIpc) is 2.38. The number of methoxy groups -OCH3 is 1. The number of hydrogen-bond acceptors (Lipinski definition) is 4. The van der Waals surface area contributed by atoms with Crippen LogP contribution >= 0.6 is 15.9 Å². The van der Waals surface area contributed by atoms with E-state index in [0.29, 0.717) is 6.54 Å². The molecule has 19 heavy (non-hydrogen) atoms. The summed E-state index contributed by atoms with van der Waals surface area (Å²) in [5.74, 6) is 1.15. The number of benzene rings is 1. The molecule has 0 amide bonds. The predicted octanol–water partition coefficient (Wildman–Crippen LogP) is 2.54. The van der Waals surface area contributed by atoms with Crippen LogP contribution < -0.4 is 10.1 Å². The lowest BCUT2D eigenvalue weighted by molar-refractivity contribution is 0.411. The highest BCUT2D eigenvalue weighted by molar-refractivity contribution is 9.10. The highest BCUT2D eigenvalue weighted by Gasteiger charge is 2.10. The molecular formula is C13H20BrNO3S. The summed E-state index contributed by atoms with van der Waals surface area (Å²) in [6, 6.07) is 5.93. The Morgan fingerprint density at radius 3 is 2.63 bits per heavy atom. The first-order valence-corrected chi connectivity index (χ1v) is 8.78. The van der Waals surface area contributed by atoms with E-state index in [1.165, 1.54) is 0 Å². The Hall–Kier alpha value is -0.590. The molecule has 0 aliphatic carbocycles. The van der Waals surface area contributed by atoms with E-state index in [9.17, 15) is 8.42 Å². The zero-order valence-corrected chi connectivity index (χ0v) is 13.8. The minimum atomic E-state index is -2.91. The molecule has 1 atom stereocenters. The lowest BCUT2D eigenvalue weighted by Gasteiger charge is -2.15. The number of rotatable bonds is 7. The van der Waals surface area contributed by atoms with Gasteiger partial charge in [0, 0.05) is 18.3 Å².